The fourth-order valence-electron chi connectivity index (χ4n) is 1.15. The molecule has 0 aliphatic heterocycles. The minimum atomic E-state index is -1.03. The summed E-state index contributed by atoms with van der Waals surface area (Å²) in [6.45, 7) is 0.240. The molecule has 1 atom stereocenters. The van der Waals surface area contributed by atoms with Crippen molar-refractivity contribution in [1.82, 2.24) is 0 Å². The normalized spacial score (nSPS) is 14.4. The van der Waals surface area contributed by atoms with Gasteiger partial charge in [-0.15, -0.1) is 0 Å². The lowest BCUT2D eigenvalue weighted by Gasteiger charge is -2.08. The first-order valence-corrected chi connectivity index (χ1v) is 4.26. The predicted octanol–water partition coefficient (Wildman–Crippen LogP) is 1.26. The van der Waals surface area contributed by atoms with Crippen molar-refractivity contribution in [1.29, 1.82) is 0 Å². The van der Waals surface area contributed by atoms with E-state index in [1.807, 2.05) is 0 Å². The molecule has 0 radical (unpaired) electrons. The third kappa shape index (κ3) is 2.57. The maximum Gasteiger partial charge on any atom is 0.320 e. The Morgan fingerprint density at radius 2 is 2.29 bits per heavy atom. The van der Waals surface area contributed by atoms with E-state index in [4.69, 9.17) is 13.6 Å². The first-order chi connectivity index (χ1) is 7.58. The highest BCUT2D eigenvalue weighted by Crippen LogP contribution is 2.11. The summed E-state index contributed by atoms with van der Waals surface area (Å²) in [5.74, 6) is -1.03. The molecular weight excluding hydrogens is 178 g/mol. The molecule has 1 aromatic carbocycles. The average molecular weight is 195 g/mol. The van der Waals surface area contributed by atoms with Crippen LogP contribution in [0, 0.1) is 13.8 Å². The van der Waals surface area contributed by atoms with Crippen molar-refractivity contribution in [2.24, 2.45) is 5.73 Å². The number of carboxylic acids is 1. The van der Waals surface area contributed by atoms with Crippen LogP contribution in [0.4, 0.5) is 0 Å². The molecular formula is C11H15NO2. The summed E-state index contributed by atoms with van der Waals surface area (Å²) < 4.78 is 14.6. The van der Waals surface area contributed by atoms with Gasteiger partial charge in [0.05, 0.1) is 0 Å². The number of aryl methyl sites for hydroxylation is 2. The van der Waals surface area contributed by atoms with Crippen molar-refractivity contribution in [2.45, 2.75) is 26.3 Å². The molecule has 0 aromatic heterocycles. The van der Waals surface area contributed by atoms with Gasteiger partial charge in [0, 0.05) is 2.74 Å². The third-order valence-electron chi connectivity index (χ3n) is 2.04. The van der Waals surface area contributed by atoms with Gasteiger partial charge in [-0.2, -0.15) is 0 Å². The van der Waals surface area contributed by atoms with Crippen LogP contribution >= 0.6 is 0 Å². The Labute approximate surface area is 86.4 Å². The van der Waals surface area contributed by atoms with Crippen LogP contribution in [0.25, 0.3) is 0 Å². The van der Waals surface area contributed by atoms with Crippen LogP contribution < -0.4 is 5.73 Å². The van der Waals surface area contributed by atoms with Gasteiger partial charge in [0.1, 0.15) is 6.04 Å². The van der Waals surface area contributed by atoms with Gasteiger partial charge in [-0.1, -0.05) is 18.2 Å². The summed E-state index contributed by atoms with van der Waals surface area (Å²) in [6, 6.07) is 4.38. The van der Waals surface area contributed by atoms with Gasteiger partial charge in [-0.25, -0.2) is 0 Å². The number of hydrogen-bond donors (Lipinski definition) is 2. The van der Waals surface area contributed by atoms with Gasteiger partial charge in [-0.3, -0.25) is 4.79 Å². The number of nitrogens with two attached hydrogens (primary N) is 1. The first-order valence-electron chi connectivity index (χ1n) is 5.67. The average Bonchev–Trinajstić information content (AvgIpc) is 2.28. The molecule has 3 nitrogen and oxygen atoms in total. The highest BCUT2D eigenvalue weighted by Gasteiger charge is 2.11. The summed E-state index contributed by atoms with van der Waals surface area (Å²) in [4.78, 5) is 10.6. The summed E-state index contributed by atoms with van der Waals surface area (Å²) in [6.07, 6.45) is 0.251. The molecule has 14 heavy (non-hydrogen) atoms. The fraction of sp³-hybridized carbons (Fsp3) is 0.364. The standard InChI is InChI=1S/C11H15NO2/c1-7-3-4-9(5-8(7)2)6-10(12)11(13)14/h3-5,10H,6,12H2,1-2H3,(H,13,14)/t10-/m0/s1/i1D,2D. The fourth-order valence-corrected chi connectivity index (χ4v) is 1.15. The lowest BCUT2D eigenvalue weighted by atomic mass is 10.0. The molecule has 3 heteroatoms. The van der Waals surface area contributed by atoms with Crippen LogP contribution in [0.1, 0.15) is 19.4 Å². The van der Waals surface area contributed by atoms with E-state index in [1.165, 1.54) is 0 Å². The predicted molar refractivity (Wildman–Crippen MR) is 55.2 cm³/mol. The highest BCUT2D eigenvalue weighted by molar-refractivity contribution is 5.73. The van der Waals surface area contributed by atoms with Crippen LogP contribution in [-0.2, 0) is 11.2 Å². The van der Waals surface area contributed by atoms with Crippen LogP contribution in [0.5, 0.6) is 0 Å². The Morgan fingerprint density at radius 1 is 1.57 bits per heavy atom. The third-order valence-corrected chi connectivity index (χ3v) is 2.04. The second-order valence-electron chi connectivity index (χ2n) is 3.25. The van der Waals surface area contributed by atoms with Crippen LogP contribution in [-0.4, -0.2) is 17.1 Å². The Hall–Kier alpha value is -1.35. The Balaban J connectivity index is 2.86. The number of carboxylic acid groups (broad SMARTS) is 1. The van der Waals surface area contributed by atoms with Gasteiger partial charge < -0.3 is 10.8 Å². The molecule has 76 valence electrons. The topological polar surface area (TPSA) is 63.3 Å². The smallest absolute Gasteiger partial charge is 0.320 e. The lowest BCUT2D eigenvalue weighted by molar-refractivity contribution is -0.138. The summed E-state index contributed by atoms with van der Waals surface area (Å²) >= 11 is 0. The first kappa shape index (κ1) is 8.00. The molecule has 1 rings (SSSR count). The highest BCUT2D eigenvalue weighted by atomic mass is 16.4. The minimum Gasteiger partial charge on any atom is -0.480 e. The second kappa shape index (κ2) is 4.24. The molecule has 0 unspecified atom stereocenters. The largest absolute Gasteiger partial charge is 0.480 e. The van der Waals surface area contributed by atoms with Crippen LogP contribution in [0.3, 0.4) is 0 Å². The Bertz CT molecular complexity index is 382. The van der Waals surface area contributed by atoms with Crippen molar-refractivity contribution < 1.29 is 12.6 Å². The van der Waals surface area contributed by atoms with Crippen molar-refractivity contribution in [3.05, 3.63) is 34.9 Å². The van der Waals surface area contributed by atoms with Gasteiger partial charge in [0.2, 0.25) is 0 Å². The Kier molecular flexibility index (Phi) is 2.42. The van der Waals surface area contributed by atoms with Crippen molar-refractivity contribution in [3.63, 3.8) is 0 Å². The summed E-state index contributed by atoms with van der Waals surface area (Å²) in [5.41, 5.74) is 7.80. The molecule has 0 bridgehead atoms. The van der Waals surface area contributed by atoms with E-state index in [0.29, 0.717) is 0 Å². The SMILES string of the molecule is [2H]Cc1ccc(C[C@H](N)C(=O)O)cc1C[2H]. The number of hydrogen-bond acceptors (Lipinski definition) is 2. The zero-order valence-electron chi connectivity index (χ0n) is 9.86. The minimum absolute atomic E-state index is 0.102. The van der Waals surface area contributed by atoms with Gasteiger partial charge in [0.25, 0.3) is 0 Å². The summed E-state index contributed by atoms with van der Waals surface area (Å²) in [7, 11) is 0. The maximum atomic E-state index is 10.6. The van der Waals surface area contributed by atoms with Crippen molar-refractivity contribution in [2.75, 3.05) is 0 Å². The van der Waals surface area contributed by atoms with E-state index < -0.39 is 12.0 Å². The molecule has 3 N–H and O–H groups in total. The molecule has 0 heterocycles. The molecule has 0 spiro atoms. The summed E-state index contributed by atoms with van der Waals surface area (Å²) in [5, 5.41) is 8.68. The van der Waals surface area contributed by atoms with Crippen LogP contribution in [0.15, 0.2) is 18.2 Å². The van der Waals surface area contributed by atoms with Crippen molar-refractivity contribution in [3.8, 4) is 0 Å². The molecule has 1 aromatic rings. The maximum absolute atomic E-state index is 10.6. The van der Waals surface area contributed by atoms with Crippen molar-refractivity contribution >= 4 is 5.97 Å². The number of aliphatic carboxylic acids is 1. The van der Waals surface area contributed by atoms with E-state index in [1.54, 1.807) is 18.2 Å². The second-order valence-corrected chi connectivity index (χ2v) is 3.25. The quantitative estimate of drug-likeness (QED) is 0.763. The molecule has 0 fully saturated rings. The molecule has 0 aliphatic rings. The van der Waals surface area contributed by atoms with Gasteiger partial charge in [0.15, 0.2) is 0 Å². The van der Waals surface area contributed by atoms with E-state index in [0.717, 1.165) is 16.7 Å². The number of carbonyl (C=O) groups is 1. The van der Waals surface area contributed by atoms with E-state index in [9.17, 15) is 4.79 Å². The van der Waals surface area contributed by atoms with Gasteiger partial charge in [-0.05, 0) is 36.9 Å². The monoisotopic (exact) mass is 195 g/mol. The molecule has 0 saturated heterocycles. The molecule has 0 aliphatic carbocycles. The van der Waals surface area contributed by atoms with Crippen LogP contribution in [0.2, 0.25) is 0 Å². The van der Waals surface area contributed by atoms with E-state index in [2.05, 4.69) is 0 Å². The van der Waals surface area contributed by atoms with E-state index in [-0.39, 0.29) is 20.2 Å². The van der Waals surface area contributed by atoms with E-state index >= 15 is 0 Å². The molecule has 0 amide bonds. The lowest BCUT2D eigenvalue weighted by Crippen LogP contribution is -2.32. The molecule has 0 saturated carbocycles. The Morgan fingerprint density at radius 3 is 2.86 bits per heavy atom. The zero-order valence-corrected chi connectivity index (χ0v) is 7.86. The number of rotatable bonds is 3. The number of benzene rings is 1. The van der Waals surface area contributed by atoms with Gasteiger partial charge >= 0.3 is 5.97 Å². The zero-order chi connectivity index (χ0) is 12.1.